The Morgan fingerprint density at radius 2 is 1.72 bits per heavy atom. The number of benzene rings is 1. The van der Waals surface area contributed by atoms with Crippen LogP contribution in [0.15, 0.2) is 12.1 Å². The normalized spacial score (nSPS) is 13.4. The summed E-state index contributed by atoms with van der Waals surface area (Å²) in [5.41, 5.74) is 5.47. The Kier molecular flexibility index (Phi) is 5.36. The fourth-order valence-corrected chi connectivity index (χ4v) is 2.43. The third-order valence-corrected chi connectivity index (χ3v) is 4.11. The highest BCUT2D eigenvalue weighted by Gasteiger charge is 2.18. The number of nitrogens with zero attached hydrogens (tertiary/aromatic N) is 1. The van der Waals surface area contributed by atoms with Crippen LogP contribution in [0, 0.1) is 26.7 Å². The summed E-state index contributed by atoms with van der Waals surface area (Å²) in [6.07, 6.45) is 0. The van der Waals surface area contributed by atoms with Crippen molar-refractivity contribution in [2.24, 2.45) is 5.92 Å². The zero-order chi connectivity index (χ0) is 13.9. The smallest absolute Gasteiger partial charge is 0.0589 e. The van der Waals surface area contributed by atoms with Gasteiger partial charge in [0.2, 0.25) is 0 Å². The van der Waals surface area contributed by atoms with Crippen LogP contribution in [-0.4, -0.2) is 29.7 Å². The molecule has 2 heteroatoms. The molecule has 0 spiro atoms. The molecule has 1 atom stereocenters. The van der Waals surface area contributed by atoms with Gasteiger partial charge in [0.05, 0.1) is 6.61 Å². The van der Waals surface area contributed by atoms with Gasteiger partial charge in [0.1, 0.15) is 0 Å². The zero-order valence-corrected chi connectivity index (χ0v) is 12.6. The van der Waals surface area contributed by atoms with Crippen molar-refractivity contribution in [2.45, 2.75) is 47.2 Å². The van der Waals surface area contributed by atoms with Crippen molar-refractivity contribution in [3.05, 3.63) is 34.4 Å². The van der Waals surface area contributed by atoms with E-state index < -0.39 is 0 Å². The molecule has 0 amide bonds. The summed E-state index contributed by atoms with van der Waals surface area (Å²) in [5.74, 6) is 0.465. The number of rotatable bonds is 5. The molecule has 1 aromatic carbocycles. The van der Waals surface area contributed by atoms with Gasteiger partial charge in [-0.2, -0.15) is 0 Å². The first-order chi connectivity index (χ1) is 8.38. The molecule has 0 aliphatic carbocycles. The van der Waals surface area contributed by atoms with E-state index in [0.717, 1.165) is 6.54 Å². The highest BCUT2D eigenvalue weighted by molar-refractivity contribution is 5.38. The van der Waals surface area contributed by atoms with Crippen LogP contribution >= 0.6 is 0 Å². The van der Waals surface area contributed by atoms with Crippen LogP contribution in [0.2, 0.25) is 0 Å². The van der Waals surface area contributed by atoms with Crippen LogP contribution in [0.4, 0.5) is 0 Å². The maximum atomic E-state index is 9.47. The molecule has 0 heterocycles. The van der Waals surface area contributed by atoms with Crippen molar-refractivity contribution in [3.8, 4) is 0 Å². The molecule has 2 nitrogen and oxygen atoms in total. The highest BCUT2D eigenvalue weighted by Crippen LogP contribution is 2.20. The van der Waals surface area contributed by atoms with Crippen molar-refractivity contribution < 1.29 is 5.11 Å². The van der Waals surface area contributed by atoms with Crippen molar-refractivity contribution >= 4 is 0 Å². The summed E-state index contributed by atoms with van der Waals surface area (Å²) < 4.78 is 0. The molecular weight excluding hydrogens is 222 g/mol. The van der Waals surface area contributed by atoms with Gasteiger partial charge in [0.25, 0.3) is 0 Å². The number of aryl methyl sites for hydroxylation is 1. The lowest BCUT2D eigenvalue weighted by Gasteiger charge is -2.30. The molecule has 1 rings (SSSR count). The topological polar surface area (TPSA) is 23.5 Å². The molecule has 18 heavy (non-hydrogen) atoms. The first kappa shape index (κ1) is 15.2. The Bertz CT molecular complexity index is 398. The van der Waals surface area contributed by atoms with E-state index in [-0.39, 0.29) is 12.6 Å². The fourth-order valence-electron chi connectivity index (χ4n) is 2.43. The summed E-state index contributed by atoms with van der Waals surface area (Å²) in [7, 11) is 2.09. The van der Waals surface area contributed by atoms with E-state index in [9.17, 15) is 5.11 Å². The average Bonchev–Trinajstić information content (AvgIpc) is 2.30. The molecule has 0 bridgehead atoms. The molecular formula is C16H27NO. The van der Waals surface area contributed by atoms with Crippen LogP contribution in [0.1, 0.15) is 36.1 Å². The first-order valence-electron chi connectivity index (χ1n) is 6.75. The van der Waals surface area contributed by atoms with E-state index in [1.165, 1.54) is 22.3 Å². The van der Waals surface area contributed by atoms with Crippen molar-refractivity contribution in [2.75, 3.05) is 13.7 Å². The Balaban J connectivity index is 2.88. The van der Waals surface area contributed by atoms with Crippen LogP contribution in [0.5, 0.6) is 0 Å². The Morgan fingerprint density at radius 1 is 1.11 bits per heavy atom. The van der Waals surface area contributed by atoms with Crippen molar-refractivity contribution in [1.82, 2.24) is 4.90 Å². The summed E-state index contributed by atoms with van der Waals surface area (Å²) in [4.78, 5) is 2.25. The van der Waals surface area contributed by atoms with E-state index in [1.54, 1.807) is 0 Å². The maximum absolute atomic E-state index is 9.47. The van der Waals surface area contributed by atoms with Crippen molar-refractivity contribution in [3.63, 3.8) is 0 Å². The van der Waals surface area contributed by atoms with Gasteiger partial charge in [-0.05, 0) is 56.0 Å². The lowest BCUT2D eigenvalue weighted by Crippen LogP contribution is -2.38. The monoisotopic (exact) mass is 249 g/mol. The van der Waals surface area contributed by atoms with Crippen LogP contribution in [-0.2, 0) is 6.54 Å². The summed E-state index contributed by atoms with van der Waals surface area (Å²) in [6, 6.07) is 4.63. The van der Waals surface area contributed by atoms with Gasteiger partial charge in [-0.1, -0.05) is 26.0 Å². The molecule has 1 N–H and O–H groups in total. The number of aliphatic hydroxyl groups excluding tert-OH is 1. The molecule has 0 saturated carbocycles. The zero-order valence-electron chi connectivity index (χ0n) is 12.6. The number of aliphatic hydroxyl groups is 1. The SMILES string of the molecule is Cc1ccc(CN(C)C(CO)C(C)C)c(C)c1C. The fraction of sp³-hybridized carbons (Fsp3) is 0.625. The molecule has 1 unspecified atom stereocenters. The van der Waals surface area contributed by atoms with E-state index in [0.29, 0.717) is 5.92 Å². The standard InChI is InChI=1S/C16H27NO/c1-11(2)16(10-18)17(6)9-15-8-7-12(3)13(4)14(15)5/h7-8,11,16,18H,9-10H2,1-6H3. The molecule has 0 fully saturated rings. The Hall–Kier alpha value is -0.860. The molecule has 0 aromatic heterocycles. The minimum atomic E-state index is 0.220. The lowest BCUT2D eigenvalue weighted by atomic mass is 9.97. The molecule has 0 radical (unpaired) electrons. The van der Waals surface area contributed by atoms with E-state index in [4.69, 9.17) is 0 Å². The van der Waals surface area contributed by atoms with E-state index >= 15 is 0 Å². The van der Waals surface area contributed by atoms with Gasteiger partial charge in [-0.15, -0.1) is 0 Å². The molecule has 1 aromatic rings. The second-order valence-corrected chi connectivity index (χ2v) is 5.70. The van der Waals surface area contributed by atoms with E-state index in [2.05, 4.69) is 58.7 Å². The minimum Gasteiger partial charge on any atom is -0.395 e. The second-order valence-electron chi connectivity index (χ2n) is 5.70. The number of hydrogen-bond acceptors (Lipinski definition) is 2. The number of hydrogen-bond donors (Lipinski definition) is 1. The van der Waals surface area contributed by atoms with Crippen LogP contribution in [0.25, 0.3) is 0 Å². The first-order valence-corrected chi connectivity index (χ1v) is 6.75. The Labute approximate surface area is 112 Å². The second kappa shape index (κ2) is 6.35. The third-order valence-electron chi connectivity index (χ3n) is 4.11. The predicted molar refractivity (Wildman–Crippen MR) is 77.8 cm³/mol. The van der Waals surface area contributed by atoms with E-state index in [1.807, 2.05) is 0 Å². The van der Waals surface area contributed by atoms with Crippen LogP contribution < -0.4 is 0 Å². The molecule has 102 valence electrons. The van der Waals surface area contributed by atoms with Gasteiger partial charge in [-0.25, -0.2) is 0 Å². The molecule has 0 aliphatic rings. The summed E-state index contributed by atoms with van der Waals surface area (Å²) >= 11 is 0. The molecule has 0 saturated heterocycles. The highest BCUT2D eigenvalue weighted by atomic mass is 16.3. The number of likely N-dealkylation sites (N-methyl/N-ethyl adjacent to an activating group) is 1. The predicted octanol–water partition coefficient (Wildman–Crippen LogP) is 3.06. The average molecular weight is 249 g/mol. The minimum absolute atomic E-state index is 0.220. The quantitative estimate of drug-likeness (QED) is 0.867. The van der Waals surface area contributed by atoms with Gasteiger partial charge in [-0.3, -0.25) is 4.90 Å². The van der Waals surface area contributed by atoms with Gasteiger partial charge in [0, 0.05) is 12.6 Å². The van der Waals surface area contributed by atoms with Gasteiger partial charge >= 0.3 is 0 Å². The lowest BCUT2D eigenvalue weighted by molar-refractivity contribution is 0.107. The van der Waals surface area contributed by atoms with Gasteiger partial charge < -0.3 is 5.11 Å². The Morgan fingerprint density at radius 3 is 2.22 bits per heavy atom. The largest absolute Gasteiger partial charge is 0.395 e. The summed E-state index contributed by atoms with van der Waals surface area (Å²) in [5, 5.41) is 9.47. The maximum Gasteiger partial charge on any atom is 0.0589 e. The van der Waals surface area contributed by atoms with Crippen LogP contribution in [0.3, 0.4) is 0 Å². The van der Waals surface area contributed by atoms with Crippen molar-refractivity contribution in [1.29, 1.82) is 0 Å². The summed E-state index contributed by atoms with van der Waals surface area (Å²) in [6.45, 7) is 12.0. The molecule has 0 aliphatic heterocycles. The third kappa shape index (κ3) is 3.33. The van der Waals surface area contributed by atoms with Gasteiger partial charge in [0.15, 0.2) is 0 Å².